The molecule has 0 aliphatic heterocycles. The highest BCUT2D eigenvalue weighted by atomic mass is 16.6. The summed E-state index contributed by atoms with van der Waals surface area (Å²) in [6, 6.07) is 15.8. The van der Waals surface area contributed by atoms with Gasteiger partial charge >= 0.3 is 12.2 Å². The van der Waals surface area contributed by atoms with E-state index in [2.05, 4.69) is 35.0 Å². The highest BCUT2D eigenvalue weighted by Gasteiger charge is 2.16. The van der Waals surface area contributed by atoms with Gasteiger partial charge in [-0.3, -0.25) is 0 Å². The molecule has 0 bridgehead atoms. The van der Waals surface area contributed by atoms with Crippen LogP contribution in [0.3, 0.4) is 0 Å². The Hall–Kier alpha value is -3.75. The minimum absolute atomic E-state index is 0. The first-order valence-electron chi connectivity index (χ1n) is 13.2. The first-order valence-corrected chi connectivity index (χ1v) is 13.2. The fourth-order valence-corrected chi connectivity index (χ4v) is 2.92. The van der Waals surface area contributed by atoms with Gasteiger partial charge in [0.25, 0.3) is 0 Å². The quantitative estimate of drug-likeness (QED) is 0.218. The van der Waals surface area contributed by atoms with Crippen LogP contribution in [0.2, 0.25) is 0 Å². The van der Waals surface area contributed by atoms with Crippen LogP contribution in [-0.2, 0) is 27.1 Å². The second-order valence-corrected chi connectivity index (χ2v) is 10.6. The van der Waals surface area contributed by atoms with Gasteiger partial charge in [-0.2, -0.15) is 0 Å². The van der Waals surface area contributed by atoms with Crippen LogP contribution in [0, 0.1) is 0 Å². The summed E-state index contributed by atoms with van der Waals surface area (Å²) in [5.74, 6) is 0. The number of ether oxygens (including phenoxy) is 2. The van der Waals surface area contributed by atoms with E-state index >= 15 is 0 Å². The third kappa shape index (κ3) is 22.3. The van der Waals surface area contributed by atoms with Gasteiger partial charge in [0.2, 0.25) is 0 Å². The number of nitrogen functional groups attached to an aromatic ring is 1. The Balaban J connectivity index is 0. The van der Waals surface area contributed by atoms with Crippen LogP contribution in [0.1, 0.15) is 73.9 Å². The van der Waals surface area contributed by atoms with E-state index in [0.29, 0.717) is 13.1 Å². The second-order valence-electron chi connectivity index (χ2n) is 10.6. The molecule has 9 heteroatoms. The molecule has 2 rings (SSSR count). The number of rotatable bonds is 8. The molecule has 9 nitrogen and oxygen atoms in total. The normalized spacial score (nSPS) is 10.2. The van der Waals surface area contributed by atoms with Crippen molar-refractivity contribution in [2.24, 2.45) is 0 Å². The number of aldehydes is 1. The number of alkyl carbamates (subject to hydrolysis) is 2. The van der Waals surface area contributed by atoms with Gasteiger partial charge in [-0.25, -0.2) is 9.59 Å². The van der Waals surface area contributed by atoms with Crippen molar-refractivity contribution in [3.8, 4) is 0 Å². The van der Waals surface area contributed by atoms with Gasteiger partial charge < -0.3 is 36.0 Å². The molecule has 0 saturated heterocycles. The molecule has 0 heterocycles. The fraction of sp³-hybridized carbons (Fsp3) is 0.516. The predicted molar refractivity (Wildman–Crippen MR) is 166 cm³/mol. The number of amides is 2. The maximum absolute atomic E-state index is 11.4. The van der Waals surface area contributed by atoms with Crippen LogP contribution >= 0.6 is 0 Å². The number of benzene rings is 2. The molecule has 2 aromatic carbocycles. The van der Waals surface area contributed by atoms with Crippen molar-refractivity contribution in [2.75, 3.05) is 30.7 Å². The second kappa shape index (κ2) is 20.2. The van der Waals surface area contributed by atoms with Crippen molar-refractivity contribution < 1.29 is 23.9 Å². The van der Waals surface area contributed by atoms with Crippen molar-refractivity contribution in [1.29, 1.82) is 0 Å². The molecule has 0 aromatic heterocycles. The minimum atomic E-state index is -0.453. The van der Waals surface area contributed by atoms with Gasteiger partial charge in [-0.15, -0.1) is 0 Å². The molecule has 40 heavy (non-hydrogen) atoms. The third-order valence-electron chi connectivity index (χ3n) is 4.48. The highest BCUT2D eigenvalue weighted by Crippen LogP contribution is 2.10. The molecule has 2 aromatic rings. The topological polar surface area (TPSA) is 132 Å². The SMILES string of the molecule is C.CC(C)(C)OC(=O)NCCc1ccc(N)cc1.CC=O.CCNc1ccc(CCNC(=O)OC(C)(C)C)cc1. The summed E-state index contributed by atoms with van der Waals surface area (Å²) in [7, 11) is 0. The fourth-order valence-electron chi connectivity index (χ4n) is 2.92. The molecule has 226 valence electrons. The lowest BCUT2D eigenvalue weighted by atomic mass is 10.1. The maximum atomic E-state index is 11.4. The number of hydrogen-bond donors (Lipinski definition) is 4. The first-order chi connectivity index (χ1) is 18.2. The molecule has 5 N–H and O–H groups in total. The van der Waals surface area contributed by atoms with Crippen LogP contribution in [0.4, 0.5) is 21.0 Å². The van der Waals surface area contributed by atoms with E-state index < -0.39 is 11.2 Å². The van der Waals surface area contributed by atoms with Crippen molar-refractivity contribution in [1.82, 2.24) is 10.6 Å². The zero-order valence-electron chi connectivity index (χ0n) is 24.9. The average Bonchev–Trinajstić information content (AvgIpc) is 2.80. The van der Waals surface area contributed by atoms with Gasteiger partial charge in [0.05, 0.1) is 0 Å². The molecule has 0 atom stereocenters. The standard InChI is InChI=1S/C15H24N2O2.C13H20N2O2.C2H4O.CH4/c1-5-16-13-8-6-12(7-9-13)10-11-17-14(18)19-15(2,3)4;1-13(2,3)17-12(16)15-9-8-10-4-6-11(14)7-5-10;1-2-3;/h6-9,16H,5,10-11H2,1-4H3,(H,17,18);4-7H,8-9,14H2,1-3H3,(H,15,16);2H,1H3;1H4. The lowest BCUT2D eigenvalue weighted by Crippen LogP contribution is -2.33. The lowest BCUT2D eigenvalue weighted by Gasteiger charge is -2.19. The van der Waals surface area contributed by atoms with Crippen molar-refractivity contribution in [3.05, 3.63) is 59.7 Å². The Morgan fingerprint density at radius 3 is 1.45 bits per heavy atom. The Kier molecular flexibility index (Phi) is 19.4. The van der Waals surface area contributed by atoms with Crippen molar-refractivity contribution >= 4 is 29.8 Å². The number of carbonyl (C=O) groups is 3. The number of nitrogens with one attached hydrogen (secondary N) is 3. The molecule has 0 fully saturated rings. The van der Waals surface area contributed by atoms with E-state index in [-0.39, 0.29) is 19.6 Å². The summed E-state index contributed by atoms with van der Waals surface area (Å²) in [5, 5.41) is 8.71. The monoisotopic (exact) mass is 560 g/mol. The van der Waals surface area contributed by atoms with Crippen molar-refractivity contribution in [2.45, 2.75) is 86.9 Å². The van der Waals surface area contributed by atoms with E-state index in [0.717, 1.165) is 42.6 Å². The molecular formula is C31H52N4O5. The van der Waals surface area contributed by atoms with Crippen LogP contribution in [0.5, 0.6) is 0 Å². The number of hydrogen-bond acceptors (Lipinski definition) is 7. The smallest absolute Gasteiger partial charge is 0.407 e. The maximum Gasteiger partial charge on any atom is 0.407 e. The van der Waals surface area contributed by atoms with Crippen LogP contribution < -0.4 is 21.7 Å². The van der Waals surface area contributed by atoms with Gasteiger partial charge in [0, 0.05) is 31.0 Å². The Morgan fingerprint density at radius 2 is 1.12 bits per heavy atom. The lowest BCUT2D eigenvalue weighted by molar-refractivity contribution is -0.106. The summed E-state index contributed by atoms with van der Waals surface area (Å²) in [5.41, 5.74) is 8.87. The van der Waals surface area contributed by atoms with E-state index in [1.165, 1.54) is 12.5 Å². The van der Waals surface area contributed by atoms with Crippen molar-refractivity contribution in [3.63, 3.8) is 0 Å². The molecule has 0 aliphatic rings. The summed E-state index contributed by atoms with van der Waals surface area (Å²) in [6.45, 7) is 16.6. The molecule has 2 amide bonds. The molecule has 0 spiro atoms. The average molecular weight is 561 g/mol. The number of nitrogens with two attached hydrogens (primary N) is 1. The zero-order valence-corrected chi connectivity index (χ0v) is 24.9. The van der Waals surface area contributed by atoms with Gasteiger partial charge in [0.15, 0.2) is 0 Å². The zero-order chi connectivity index (χ0) is 29.9. The van der Waals surface area contributed by atoms with E-state index in [1.54, 1.807) is 0 Å². The van der Waals surface area contributed by atoms with Gasteiger partial charge in [-0.1, -0.05) is 31.7 Å². The molecule has 0 saturated carbocycles. The highest BCUT2D eigenvalue weighted by molar-refractivity contribution is 5.68. The minimum Gasteiger partial charge on any atom is -0.444 e. The molecular weight excluding hydrogens is 508 g/mol. The van der Waals surface area contributed by atoms with E-state index in [1.807, 2.05) is 77.9 Å². The largest absolute Gasteiger partial charge is 0.444 e. The van der Waals surface area contributed by atoms with Gasteiger partial charge in [-0.05, 0) is 104 Å². The van der Waals surface area contributed by atoms with E-state index in [9.17, 15) is 9.59 Å². The number of anilines is 2. The summed E-state index contributed by atoms with van der Waals surface area (Å²) >= 11 is 0. The van der Waals surface area contributed by atoms with Gasteiger partial charge in [0.1, 0.15) is 17.5 Å². The third-order valence-corrected chi connectivity index (χ3v) is 4.48. The Labute approximate surface area is 241 Å². The predicted octanol–water partition coefficient (Wildman–Crippen LogP) is 6.36. The molecule has 0 aliphatic carbocycles. The van der Waals surface area contributed by atoms with Crippen LogP contribution in [0.25, 0.3) is 0 Å². The molecule has 0 unspecified atom stereocenters. The summed E-state index contributed by atoms with van der Waals surface area (Å²) in [4.78, 5) is 31.6. The first kappa shape index (κ1) is 38.4. The Bertz CT molecular complexity index is 963. The van der Waals surface area contributed by atoms with E-state index in [4.69, 9.17) is 20.0 Å². The number of carbonyl (C=O) groups excluding carboxylic acids is 3. The Morgan fingerprint density at radius 1 is 0.775 bits per heavy atom. The summed E-state index contributed by atoms with van der Waals surface area (Å²) in [6.07, 6.45) is 1.57. The molecule has 0 radical (unpaired) electrons. The van der Waals surface area contributed by atoms with Crippen LogP contribution in [-0.4, -0.2) is 49.3 Å². The van der Waals surface area contributed by atoms with Crippen LogP contribution in [0.15, 0.2) is 48.5 Å². The summed E-state index contributed by atoms with van der Waals surface area (Å²) < 4.78 is 10.3.